The van der Waals surface area contributed by atoms with Gasteiger partial charge in [-0.05, 0) is 5.23 Å². The molecule has 0 unspecified atom stereocenters. The summed E-state index contributed by atoms with van der Waals surface area (Å²) in [5, 5.41) is 0.678. The Hall–Kier alpha value is -1.22. The van der Waals surface area contributed by atoms with Crippen molar-refractivity contribution in [1.82, 2.24) is 13.8 Å². The number of amides is 2. The summed E-state index contributed by atoms with van der Waals surface area (Å²) < 4.78 is 2.30. The third-order valence-corrected chi connectivity index (χ3v) is 3.16. The monoisotopic (exact) mass is 279 g/mol. The predicted molar refractivity (Wildman–Crippen MR) is 65.4 cm³/mol. The van der Waals surface area contributed by atoms with Gasteiger partial charge in [-0.25, -0.2) is 18.2 Å². The van der Waals surface area contributed by atoms with Crippen LogP contribution >= 0.6 is 24.4 Å². The largest absolute Gasteiger partial charge is 0.448 e. The van der Waals surface area contributed by atoms with E-state index in [9.17, 15) is 9.59 Å². The lowest BCUT2D eigenvalue weighted by molar-refractivity contribution is -0.245. The van der Waals surface area contributed by atoms with Gasteiger partial charge in [-0.1, -0.05) is 26.1 Å². The summed E-state index contributed by atoms with van der Waals surface area (Å²) in [5.41, 5.74) is 0. The van der Waals surface area contributed by atoms with Crippen molar-refractivity contribution in [3.8, 4) is 0 Å². The Balaban J connectivity index is 2.87. The minimum Gasteiger partial charge on any atom is -0.284 e. The van der Waals surface area contributed by atoms with Crippen LogP contribution < -0.4 is 0 Å². The van der Waals surface area contributed by atoms with Crippen LogP contribution in [0.5, 0.6) is 0 Å². The van der Waals surface area contributed by atoms with E-state index in [4.69, 9.17) is 21.9 Å². The number of hydrogen-bond acceptors (Lipinski definition) is 6. The zero-order chi connectivity index (χ0) is 13.2. The van der Waals surface area contributed by atoms with E-state index in [-0.39, 0.29) is 10.9 Å². The maximum atomic E-state index is 11.5. The quantitative estimate of drug-likeness (QED) is 0.536. The highest BCUT2D eigenvalue weighted by Crippen LogP contribution is 2.20. The molecule has 0 radical (unpaired) electrons. The van der Waals surface area contributed by atoms with Gasteiger partial charge in [0.2, 0.25) is 0 Å². The number of thiocarbonyl (C=S) groups is 1. The lowest BCUT2D eigenvalue weighted by atomic mass is 10.2. The molecule has 2 amide bonds. The molecular formula is C8H13N3O4S2. The highest BCUT2D eigenvalue weighted by molar-refractivity contribution is 7.95. The minimum atomic E-state index is -0.683. The van der Waals surface area contributed by atoms with Crippen LogP contribution in [-0.2, 0) is 9.68 Å². The average molecular weight is 279 g/mol. The van der Waals surface area contributed by atoms with E-state index in [1.165, 1.54) is 14.1 Å². The minimum absolute atomic E-state index is 0.103. The van der Waals surface area contributed by atoms with Crippen molar-refractivity contribution in [3.63, 3.8) is 0 Å². The van der Waals surface area contributed by atoms with Gasteiger partial charge in [-0.15, -0.1) is 0 Å². The third-order valence-electron chi connectivity index (χ3n) is 1.76. The summed E-state index contributed by atoms with van der Waals surface area (Å²) in [4.78, 5) is 32.9. The van der Waals surface area contributed by atoms with Crippen LogP contribution in [-0.4, -0.2) is 45.1 Å². The van der Waals surface area contributed by atoms with Crippen molar-refractivity contribution in [2.75, 3.05) is 14.1 Å². The standard InChI is InChI=1S/C8H13N3O4S2/c1-5(2)6(16)11-14-7(12)9(3)17-10(4)8(13)15-11/h5H,1-4H3. The first-order valence-corrected chi connectivity index (χ1v) is 5.90. The van der Waals surface area contributed by atoms with Crippen LogP contribution in [0, 0.1) is 5.92 Å². The molecule has 0 saturated carbocycles. The first-order valence-electron chi connectivity index (χ1n) is 4.76. The van der Waals surface area contributed by atoms with Crippen LogP contribution in [0.1, 0.15) is 13.8 Å². The Morgan fingerprint density at radius 2 is 1.59 bits per heavy atom. The van der Waals surface area contributed by atoms with Crippen LogP contribution in [0.3, 0.4) is 0 Å². The molecule has 0 N–H and O–H groups in total. The molecule has 96 valence electrons. The molecule has 7 nitrogen and oxygen atoms in total. The number of hydrogen-bond donors (Lipinski definition) is 0. The van der Waals surface area contributed by atoms with Crippen LogP contribution in [0.15, 0.2) is 0 Å². The zero-order valence-electron chi connectivity index (χ0n) is 9.87. The first-order chi connectivity index (χ1) is 7.82. The Labute approximate surface area is 109 Å². The molecule has 1 aliphatic rings. The zero-order valence-corrected chi connectivity index (χ0v) is 11.5. The molecular weight excluding hydrogens is 266 g/mol. The molecule has 0 aromatic rings. The van der Waals surface area contributed by atoms with E-state index in [1.54, 1.807) is 13.8 Å². The highest BCUT2D eigenvalue weighted by atomic mass is 32.2. The second kappa shape index (κ2) is 5.41. The van der Waals surface area contributed by atoms with Crippen molar-refractivity contribution >= 4 is 41.5 Å². The van der Waals surface area contributed by atoms with E-state index in [0.29, 0.717) is 5.23 Å². The van der Waals surface area contributed by atoms with Crippen LogP contribution in [0.25, 0.3) is 0 Å². The van der Waals surface area contributed by atoms with Gasteiger partial charge in [-0.3, -0.25) is 9.68 Å². The van der Waals surface area contributed by atoms with Crippen LogP contribution in [0.4, 0.5) is 9.59 Å². The SMILES string of the molecule is CC(C)C(=S)N1OC(=O)N(C)SN(C)C(=O)O1. The maximum Gasteiger partial charge on any atom is 0.448 e. The molecule has 1 aliphatic heterocycles. The van der Waals surface area contributed by atoms with E-state index in [0.717, 1.165) is 20.7 Å². The summed E-state index contributed by atoms with van der Waals surface area (Å²) >= 11 is 5.87. The van der Waals surface area contributed by atoms with Gasteiger partial charge in [0.25, 0.3) is 0 Å². The van der Waals surface area contributed by atoms with Crippen molar-refractivity contribution in [2.45, 2.75) is 13.8 Å². The Bertz CT molecular complexity index is 328. The van der Waals surface area contributed by atoms with Gasteiger partial charge >= 0.3 is 12.2 Å². The number of nitrogens with zero attached hydrogens (tertiary/aromatic N) is 3. The summed E-state index contributed by atoms with van der Waals surface area (Å²) in [6.45, 7) is 3.59. The molecule has 0 atom stereocenters. The van der Waals surface area contributed by atoms with Gasteiger partial charge in [0.05, 0.1) is 12.1 Å². The van der Waals surface area contributed by atoms with Crippen molar-refractivity contribution in [1.29, 1.82) is 0 Å². The van der Waals surface area contributed by atoms with Crippen molar-refractivity contribution in [3.05, 3.63) is 0 Å². The highest BCUT2D eigenvalue weighted by Gasteiger charge is 2.31. The lowest BCUT2D eigenvalue weighted by Crippen LogP contribution is -2.45. The van der Waals surface area contributed by atoms with Gasteiger partial charge < -0.3 is 0 Å². The molecule has 0 aromatic heterocycles. The second-order valence-corrected chi connectivity index (χ2v) is 5.22. The molecule has 1 rings (SSSR count). The summed E-state index contributed by atoms with van der Waals surface area (Å²) in [7, 11) is 2.94. The first kappa shape index (κ1) is 13.8. The number of rotatable bonds is 1. The lowest BCUT2D eigenvalue weighted by Gasteiger charge is -2.30. The number of carbonyl (C=O) groups excluding carboxylic acids is 2. The number of hydroxylamine groups is 2. The Morgan fingerprint density at radius 3 is 1.94 bits per heavy atom. The van der Waals surface area contributed by atoms with E-state index in [2.05, 4.69) is 0 Å². The van der Waals surface area contributed by atoms with E-state index < -0.39 is 12.2 Å². The fraction of sp³-hybridized carbons (Fsp3) is 0.625. The molecule has 0 spiro atoms. The third kappa shape index (κ3) is 3.37. The fourth-order valence-electron chi connectivity index (χ4n) is 0.827. The second-order valence-electron chi connectivity index (χ2n) is 3.54. The van der Waals surface area contributed by atoms with Crippen molar-refractivity contribution < 1.29 is 19.3 Å². The van der Waals surface area contributed by atoms with Crippen molar-refractivity contribution in [2.24, 2.45) is 5.92 Å². The molecule has 1 heterocycles. The average Bonchev–Trinajstić information content (AvgIpc) is 2.25. The normalized spacial score (nSPS) is 17.6. The van der Waals surface area contributed by atoms with Gasteiger partial charge in [0.1, 0.15) is 0 Å². The molecule has 1 fully saturated rings. The van der Waals surface area contributed by atoms with Gasteiger partial charge in [0, 0.05) is 20.0 Å². The Morgan fingerprint density at radius 1 is 1.18 bits per heavy atom. The van der Waals surface area contributed by atoms with Gasteiger partial charge in [0.15, 0.2) is 4.99 Å². The summed E-state index contributed by atoms with van der Waals surface area (Å²) in [5.74, 6) is -0.103. The summed E-state index contributed by atoms with van der Waals surface area (Å²) in [6.07, 6.45) is -1.37. The molecule has 0 bridgehead atoms. The fourth-order valence-corrected chi connectivity index (χ4v) is 1.47. The summed E-state index contributed by atoms with van der Waals surface area (Å²) in [6, 6.07) is 0. The van der Waals surface area contributed by atoms with E-state index >= 15 is 0 Å². The molecule has 17 heavy (non-hydrogen) atoms. The van der Waals surface area contributed by atoms with E-state index in [1.807, 2.05) is 0 Å². The smallest absolute Gasteiger partial charge is 0.284 e. The molecule has 1 saturated heterocycles. The number of carbonyl (C=O) groups is 2. The topological polar surface area (TPSA) is 62.3 Å². The predicted octanol–water partition coefficient (Wildman–Crippen LogP) is 1.82. The molecule has 9 heteroatoms. The Kier molecular flexibility index (Phi) is 4.40. The maximum absolute atomic E-state index is 11.5. The van der Waals surface area contributed by atoms with Crippen LogP contribution in [0.2, 0.25) is 0 Å². The van der Waals surface area contributed by atoms with Gasteiger partial charge in [-0.2, -0.15) is 0 Å². The molecule has 0 aromatic carbocycles. The molecule has 0 aliphatic carbocycles.